The third-order valence-electron chi connectivity index (χ3n) is 2.41. The van der Waals surface area contributed by atoms with E-state index in [9.17, 15) is 0 Å². The highest BCUT2D eigenvalue weighted by molar-refractivity contribution is 7.97. The van der Waals surface area contributed by atoms with Crippen LogP contribution in [0.4, 0.5) is 0 Å². The standard InChI is InChI=1S/C8H16N2S/c1-2-5-9-8(4-1)10-6-3-7-11-10/h8-9H,1-7H2. The summed E-state index contributed by atoms with van der Waals surface area (Å²) in [5.74, 6) is 1.33. The van der Waals surface area contributed by atoms with Crippen molar-refractivity contribution in [2.24, 2.45) is 0 Å². The van der Waals surface area contributed by atoms with Crippen LogP contribution in [0.1, 0.15) is 25.7 Å². The van der Waals surface area contributed by atoms with E-state index in [0.29, 0.717) is 6.17 Å². The summed E-state index contributed by atoms with van der Waals surface area (Å²) in [5.41, 5.74) is 0. The Morgan fingerprint density at radius 1 is 1.27 bits per heavy atom. The summed E-state index contributed by atoms with van der Waals surface area (Å²) in [4.78, 5) is 0. The van der Waals surface area contributed by atoms with E-state index in [0.717, 1.165) is 0 Å². The molecular formula is C8H16N2S. The molecule has 0 spiro atoms. The van der Waals surface area contributed by atoms with Gasteiger partial charge in [0, 0.05) is 12.3 Å². The second-order valence-corrected chi connectivity index (χ2v) is 4.43. The van der Waals surface area contributed by atoms with E-state index in [-0.39, 0.29) is 0 Å². The van der Waals surface area contributed by atoms with Gasteiger partial charge >= 0.3 is 0 Å². The highest BCUT2D eigenvalue weighted by atomic mass is 32.2. The monoisotopic (exact) mass is 172 g/mol. The van der Waals surface area contributed by atoms with Gasteiger partial charge in [0.2, 0.25) is 0 Å². The summed E-state index contributed by atoms with van der Waals surface area (Å²) in [7, 11) is 0. The van der Waals surface area contributed by atoms with Crippen LogP contribution in [0.3, 0.4) is 0 Å². The van der Waals surface area contributed by atoms with Crippen LogP contribution >= 0.6 is 11.9 Å². The van der Waals surface area contributed by atoms with Gasteiger partial charge in [0.25, 0.3) is 0 Å². The quantitative estimate of drug-likeness (QED) is 0.603. The van der Waals surface area contributed by atoms with E-state index in [1.807, 2.05) is 11.9 Å². The van der Waals surface area contributed by atoms with Gasteiger partial charge in [-0.2, -0.15) is 0 Å². The molecule has 2 aliphatic heterocycles. The molecular weight excluding hydrogens is 156 g/mol. The molecule has 2 rings (SSSR count). The zero-order chi connectivity index (χ0) is 7.52. The lowest BCUT2D eigenvalue weighted by atomic mass is 10.1. The lowest BCUT2D eigenvalue weighted by Gasteiger charge is -2.30. The molecule has 2 heterocycles. The second-order valence-electron chi connectivity index (χ2n) is 3.29. The van der Waals surface area contributed by atoms with E-state index in [1.165, 1.54) is 44.5 Å². The molecule has 1 atom stereocenters. The summed E-state index contributed by atoms with van der Waals surface area (Å²) >= 11 is 2.02. The Kier molecular flexibility index (Phi) is 2.72. The molecule has 64 valence electrons. The molecule has 0 aliphatic carbocycles. The maximum Gasteiger partial charge on any atom is 0.0695 e. The molecule has 3 heteroatoms. The molecule has 0 amide bonds. The van der Waals surface area contributed by atoms with Gasteiger partial charge in [-0.3, -0.25) is 0 Å². The third-order valence-corrected chi connectivity index (χ3v) is 3.65. The molecule has 11 heavy (non-hydrogen) atoms. The van der Waals surface area contributed by atoms with Crippen LogP contribution in [-0.2, 0) is 0 Å². The van der Waals surface area contributed by atoms with E-state index in [1.54, 1.807) is 0 Å². The Morgan fingerprint density at radius 3 is 2.91 bits per heavy atom. The number of hydrogen-bond acceptors (Lipinski definition) is 3. The molecule has 0 aromatic rings. The molecule has 0 aromatic heterocycles. The first-order valence-electron chi connectivity index (χ1n) is 4.60. The topological polar surface area (TPSA) is 15.3 Å². The number of rotatable bonds is 1. The minimum absolute atomic E-state index is 0.691. The maximum atomic E-state index is 3.57. The van der Waals surface area contributed by atoms with Crippen molar-refractivity contribution >= 4 is 11.9 Å². The van der Waals surface area contributed by atoms with Crippen LogP contribution < -0.4 is 5.32 Å². The number of piperidine rings is 1. The lowest BCUT2D eigenvalue weighted by Crippen LogP contribution is -2.43. The van der Waals surface area contributed by atoms with Crippen LogP contribution in [-0.4, -0.2) is 29.3 Å². The Bertz CT molecular complexity index is 117. The van der Waals surface area contributed by atoms with E-state index in [4.69, 9.17) is 0 Å². The molecule has 1 N–H and O–H groups in total. The molecule has 0 bridgehead atoms. The van der Waals surface area contributed by atoms with Crippen molar-refractivity contribution in [3.8, 4) is 0 Å². The van der Waals surface area contributed by atoms with Gasteiger partial charge in [0.15, 0.2) is 0 Å². The Morgan fingerprint density at radius 2 is 2.27 bits per heavy atom. The van der Waals surface area contributed by atoms with Gasteiger partial charge in [-0.1, -0.05) is 11.9 Å². The van der Waals surface area contributed by atoms with Crippen LogP contribution in [0.5, 0.6) is 0 Å². The fourth-order valence-corrected chi connectivity index (χ4v) is 2.90. The normalized spacial score (nSPS) is 34.4. The summed E-state index contributed by atoms with van der Waals surface area (Å²) in [6.07, 6.45) is 6.20. The summed E-state index contributed by atoms with van der Waals surface area (Å²) < 4.78 is 2.53. The summed E-state index contributed by atoms with van der Waals surface area (Å²) in [6.45, 7) is 2.52. The van der Waals surface area contributed by atoms with Gasteiger partial charge in [-0.25, -0.2) is 4.31 Å². The van der Waals surface area contributed by atoms with Gasteiger partial charge in [0.1, 0.15) is 0 Å². The van der Waals surface area contributed by atoms with Gasteiger partial charge in [0.05, 0.1) is 6.17 Å². The summed E-state index contributed by atoms with van der Waals surface area (Å²) in [6, 6.07) is 0. The average Bonchev–Trinajstić information content (AvgIpc) is 2.58. The Hall–Kier alpha value is 0.270. The predicted octanol–water partition coefficient (Wildman–Crippen LogP) is 1.44. The van der Waals surface area contributed by atoms with Crippen LogP contribution in [0, 0.1) is 0 Å². The molecule has 0 radical (unpaired) electrons. The Balaban J connectivity index is 1.82. The van der Waals surface area contributed by atoms with E-state index < -0.39 is 0 Å². The molecule has 0 saturated carbocycles. The molecule has 0 aromatic carbocycles. The first-order chi connectivity index (χ1) is 5.47. The molecule has 2 aliphatic rings. The smallest absolute Gasteiger partial charge is 0.0695 e. The fraction of sp³-hybridized carbons (Fsp3) is 1.00. The van der Waals surface area contributed by atoms with Crippen LogP contribution in [0.2, 0.25) is 0 Å². The molecule has 2 saturated heterocycles. The largest absolute Gasteiger partial charge is 0.301 e. The fourth-order valence-electron chi connectivity index (χ4n) is 1.79. The minimum atomic E-state index is 0.691. The van der Waals surface area contributed by atoms with Gasteiger partial charge in [-0.05, 0) is 32.2 Å². The zero-order valence-electron chi connectivity index (χ0n) is 6.88. The average molecular weight is 172 g/mol. The van der Waals surface area contributed by atoms with Crippen molar-refractivity contribution in [2.45, 2.75) is 31.8 Å². The highest BCUT2D eigenvalue weighted by Crippen LogP contribution is 2.25. The van der Waals surface area contributed by atoms with Gasteiger partial charge < -0.3 is 5.32 Å². The van der Waals surface area contributed by atoms with Crippen molar-refractivity contribution < 1.29 is 0 Å². The van der Waals surface area contributed by atoms with Crippen molar-refractivity contribution in [3.05, 3.63) is 0 Å². The maximum absolute atomic E-state index is 3.57. The van der Waals surface area contributed by atoms with E-state index >= 15 is 0 Å². The van der Waals surface area contributed by atoms with Crippen molar-refractivity contribution in [2.75, 3.05) is 18.8 Å². The number of hydrogen-bond donors (Lipinski definition) is 1. The second kappa shape index (κ2) is 3.78. The first-order valence-corrected chi connectivity index (χ1v) is 5.54. The van der Waals surface area contributed by atoms with Gasteiger partial charge in [-0.15, -0.1) is 0 Å². The Labute approximate surface area is 72.9 Å². The van der Waals surface area contributed by atoms with E-state index in [2.05, 4.69) is 9.62 Å². The van der Waals surface area contributed by atoms with Crippen molar-refractivity contribution in [1.29, 1.82) is 0 Å². The lowest BCUT2D eigenvalue weighted by molar-refractivity contribution is 0.256. The molecule has 2 fully saturated rings. The third kappa shape index (κ3) is 1.89. The highest BCUT2D eigenvalue weighted by Gasteiger charge is 2.23. The molecule has 1 unspecified atom stereocenters. The zero-order valence-corrected chi connectivity index (χ0v) is 7.70. The van der Waals surface area contributed by atoms with Crippen LogP contribution in [0.15, 0.2) is 0 Å². The summed E-state index contributed by atoms with van der Waals surface area (Å²) in [5, 5.41) is 3.57. The predicted molar refractivity (Wildman–Crippen MR) is 49.4 cm³/mol. The van der Waals surface area contributed by atoms with Crippen molar-refractivity contribution in [3.63, 3.8) is 0 Å². The first kappa shape index (κ1) is 7.90. The number of nitrogens with zero attached hydrogens (tertiary/aromatic N) is 1. The SMILES string of the molecule is C1CCC(N2CCCS2)NC1. The number of nitrogens with one attached hydrogen (secondary N) is 1. The van der Waals surface area contributed by atoms with Crippen LogP contribution in [0.25, 0.3) is 0 Å². The molecule has 2 nitrogen and oxygen atoms in total. The van der Waals surface area contributed by atoms with Crippen molar-refractivity contribution in [1.82, 2.24) is 9.62 Å². The minimum Gasteiger partial charge on any atom is -0.301 e.